The Bertz CT molecular complexity index is 491. The summed E-state index contributed by atoms with van der Waals surface area (Å²) in [6.07, 6.45) is 0. The third-order valence-electron chi connectivity index (χ3n) is 2.44. The average molecular weight is 271 g/mol. The molecular weight excluding hydrogens is 261 g/mol. The van der Waals surface area contributed by atoms with Gasteiger partial charge in [0.15, 0.2) is 0 Å². The van der Waals surface area contributed by atoms with Crippen molar-refractivity contribution < 1.29 is 14.1 Å². The number of carbonyl (C=O) groups is 1. The third kappa shape index (κ3) is 2.77. The number of anilines is 1. The molecule has 1 aliphatic rings. The zero-order valence-corrected chi connectivity index (χ0v) is 10.00. The number of nitrogens with zero attached hydrogens (tertiary/aromatic N) is 1. The summed E-state index contributed by atoms with van der Waals surface area (Å²) in [5.74, 6) is 0.119. The molecule has 2 rings (SSSR count). The largest absolute Gasteiger partial charge is 0.325 e. The first-order chi connectivity index (χ1) is 8.58. The van der Waals surface area contributed by atoms with Gasteiger partial charge in [-0.15, -0.1) is 11.8 Å². The van der Waals surface area contributed by atoms with Crippen LogP contribution in [0.15, 0.2) is 18.2 Å². The van der Waals surface area contributed by atoms with Crippen LogP contribution in [0.25, 0.3) is 0 Å². The predicted octanol–water partition coefficient (Wildman–Crippen LogP) is 1.33. The second kappa shape index (κ2) is 5.32. The van der Waals surface area contributed by atoms with E-state index in [9.17, 15) is 19.3 Å². The van der Waals surface area contributed by atoms with Crippen LogP contribution in [0, 0.1) is 15.9 Å². The molecule has 1 aliphatic heterocycles. The number of halogens is 1. The van der Waals surface area contributed by atoms with E-state index in [0.717, 1.165) is 12.1 Å². The van der Waals surface area contributed by atoms with Crippen LogP contribution in [-0.2, 0) is 4.79 Å². The van der Waals surface area contributed by atoms with Gasteiger partial charge >= 0.3 is 5.69 Å². The van der Waals surface area contributed by atoms with E-state index in [1.807, 2.05) is 0 Å². The smallest absolute Gasteiger partial charge is 0.304 e. The van der Waals surface area contributed by atoms with Gasteiger partial charge in [-0.25, -0.2) is 0 Å². The van der Waals surface area contributed by atoms with Crippen LogP contribution in [0.2, 0.25) is 0 Å². The Morgan fingerprint density at radius 1 is 1.61 bits per heavy atom. The van der Waals surface area contributed by atoms with Gasteiger partial charge in [-0.3, -0.25) is 20.2 Å². The first kappa shape index (κ1) is 12.8. The minimum Gasteiger partial charge on any atom is -0.325 e. The number of hydrogen-bond acceptors (Lipinski definition) is 5. The number of amides is 1. The summed E-state index contributed by atoms with van der Waals surface area (Å²) < 4.78 is 13.3. The van der Waals surface area contributed by atoms with E-state index in [1.54, 1.807) is 11.8 Å². The zero-order valence-electron chi connectivity index (χ0n) is 9.18. The van der Waals surface area contributed by atoms with Crippen LogP contribution in [0.1, 0.15) is 0 Å². The number of carbonyl (C=O) groups excluding carboxylic acids is 1. The van der Waals surface area contributed by atoms with Crippen LogP contribution in [0.5, 0.6) is 0 Å². The minimum absolute atomic E-state index is 0.210. The highest BCUT2D eigenvalue weighted by Crippen LogP contribution is 2.21. The van der Waals surface area contributed by atoms with E-state index in [-0.39, 0.29) is 17.6 Å². The Labute approximate surface area is 106 Å². The lowest BCUT2D eigenvalue weighted by atomic mass is 10.2. The van der Waals surface area contributed by atoms with Gasteiger partial charge in [0.05, 0.1) is 11.0 Å². The monoisotopic (exact) mass is 271 g/mol. The molecule has 8 heteroatoms. The van der Waals surface area contributed by atoms with Gasteiger partial charge in [0.1, 0.15) is 0 Å². The maximum atomic E-state index is 13.3. The number of nitro groups is 1. The first-order valence-corrected chi connectivity index (χ1v) is 6.29. The van der Waals surface area contributed by atoms with Crippen LogP contribution in [0.4, 0.5) is 15.8 Å². The van der Waals surface area contributed by atoms with E-state index in [2.05, 4.69) is 10.6 Å². The maximum absolute atomic E-state index is 13.3. The summed E-state index contributed by atoms with van der Waals surface area (Å²) in [5.41, 5.74) is -0.399. The highest BCUT2D eigenvalue weighted by Gasteiger charge is 2.23. The van der Waals surface area contributed by atoms with Gasteiger partial charge in [0.2, 0.25) is 11.7 Å². The fourth-order valence-corrected chi connectivity index (χ4v) is 2.47. The molecule has 1 aromatic rings. The summed E-state index contributed by atoms with van der Waals surface area (Å²) in [5, 5.41) is 15.9. The Morgan fingerprint density at radius 2 is 2.39 bits per heavy atom. The van der Waals surface area contributed by atoms with Crippen molar-refractivity contribution >= 4 is 29.0 Å². The fraction of sp³-hybridized carbons (Fsp3) is 0.300. The molecule has 2 N–H and O–H groups in total. The summed E-state index contributed by atoms with van der Waals surface area (Å²) in [7, 11) is 0. The fourth-order valence-electron chi connectivity index (χ4n) is 1.53. The first-order valence-electron chi connectivity index (χ1n) is 5.14. The summed E-state index contributed by atoms with van der Waals surface area (Å²) >= 11 is 1.60. The highest BCUT2D eigenvalue weighted by atomic mass is 32.2. The maximum Gasteiger partial charge on any atom is 0.304 e. The molecule has 1 aromatic carbocycles. The number of rotatable bonds is 3. The summed E-state index contributed by atoms with van der Waals surface area (Å²) in [6, 6.07) is 2.97. The number of thioether (sulfide) groups is 1. The Kier molecular flexibility index (Phi) is 3.78. The Hall–Kier alpha value is -1.67. The number of nitrogens with one attached hydrogen (secondary N) is 2. The van der Waals surface area contributed by atoms with Crippen molar-refractivity contribution in [2.75, 3.05) is 16.9 Å². The topological polar surface area (TPSA) is 84.3 Å². The lowest BCUT2D eigenvalue weighted by Crippen LogP contribution is -2.37. The lowest BCUT2D eigenvalue weighted by molar-refractivity contribution is -0.387. The Balaban J connectivity index is 2.07. The molecule has 1 atom stereocenters. The zero-order chi connectivity index (χ0) is 13.1. The molecule has 0 aromatic heterocycles. The molecule has 6 nitrogen and oxygen atoms in total. The van der Waals surface area contributed by atoms with E-state index in [4.69, 9.17) is 0 Å². The van der Waals surface area contributed by atoms with Gasteiger partial charge < -0.3 is 5.32 Å². The molecule has 18 heavy (non-hydrogen) atoms. The van der Waals surface area contributed by atoms with Gasteiger partial charge in [-0.05, 0) is 6.07 Å². The van der Waals surface area contributed by atoms with E-state index >= 15 is 0 Å². The van der Waals surface area contributed by atoms with E-state index in [0.29, 0.717) is 11.6 Å². The van der Waals surface area contributed by atoms with Crippen LogP contribution in [0.3, 0.4) is 0 Å². The average Bonchev–Trinajstić information content (AvgIpc) is 2.81. The third-order valence-corrected chi connectivity index (χ3v) is 3.38. The van der Waals surface area contributed by atoms with Crippen molar-refractivity contribution in [2.24, 2.45) is 0 Å². The molecule has 1 heterocycles. The van der Waals surface area contributed by atoms with Crippen LogP contribution >= 0.6 is 11.8 Å². The summed E-state index contributed by atoms with van der Waals surface area (Å²) in [4.78, 5) is 21.3. The lowest BCUT2D eigenvalue weighted by Gasteiger charge is -2.10. The second-order valence-corrected chi connectivity index (χ2v) is 4.71. The van der Waals surface area contributed by atoms with E-state index in [1.165, 1.54) is 6.07 Å². The Morgan fingerprint density at radius 3 is 2.94 bits per heavy atom. The van der Waals surface area contributed by atoms with Gasteiger partial charge in [-0.2, -0.15) is 4.39 Å². The molecule has 1 amide bonds. The minimum atomic E-state index is -0.966. The van der Waals surface area contributed by atoms with Crippen molar-refractivity contribution in [3.05, 3.63) is 34.1 Å². The molecule has 1 saturated heterocycles. The molecule has 0 spiro atoms. The predicted molar refractivity (Wildman–Crippen MR) is 65.9 cm³/mol. The molecule has 0 bridgehead atoms. The van der Waals surface area contributed by atoms with Crippen molar-refractivity contribution in [1.82, 2.24) is 5.32 Å². The van der Waals surface area contributed by atoms with Gasteiger partial charge in [0, 0.05) is 29.4 Å². The standard InChI is InChI=1S/C10H10FN3O3S/c11-7-3-6(1-2-9(7)14(16)17)13-10(15)8-4-18-5-12-8/h1-3,8,12H,4-5H2,(H,13,15). The second-order valence-electron chi connectivity index (χ2n) is 3.68. The molecule has 0 radical (unpaired) electrons. The van der Waals surface area contributed by atoms with Crippen molar-refractivity contribution in [3.63, 3.8) is 0 Å². The van der Waals surface area contributed by atoms with Crippen molar-refractivity contribution in [1.29, 1.82) is 0 Å². The van der Waals surface area contributed by atoms with Gasteiger partial charge in [0.25, 0.3) is 0 Å². The molecule has 0 aliphatic carbocycles. The number of nitro benzene ring substituents is 1. The number of benzene rings is 1. The van der Waals surface area contributed by atoms with E-state index < -0.39 is 16.4 Å². The van der Waals surface area contributed by atoms with Crippen molar-refractivity contribution in [3.8, 4) is 0 Å². The molecular formula is C10H10FN3O3S. The SMILES string of the molecule is O=C(Nc1ccc([N+](=O)[O-])c(F)c1)C1CSCN1. The normalized spacial score (nSPS) is 18.6. The molecule has 0 saturated carbocycles. The molecule has 1 fully saturated rings. The molecule has 96 valence electrons. The summed E-state index contributed by atoms with van der Waals surface area (Å²) in [6.45, 7) is 0. The van der Waals surface area contributed by atoms with Crippen LogP contribution in [-0.4, -0.2) is 28.5 Å². The number of hydrogen-bond donors (Lipinski definition) is 2. The quantitative estimate of drug-likeness (QED) is 0.640. The molecule has 1 unspecified atom stereocenters. The van der Waals surface area contributed by atoms with Gasteiger partial charge in [-0.1, -0.05) is 0 Å². The van der Waals surface area contributed by atoms with Crippen molar-refractivity contribution in [2.45, 2.75) is 6.04 Å². The highest BCUT2D eigenvalue weighted by molar-refractivity contribution is 7.99. The van der Waals surface area contributed by atoms with Crippen LogP contribution < -0.4 is 10.6 Å².